The predicted octanol–water partition coefficient (Wildman–Crippen LogP) is 2.01. The molecule has 1 aliphatic heterocycles. The zero-order valence-electron chi connectivity index (χ0n) is 10.0. The van der Waals surface area contributed by atoms with E-state index in [1.807, 2.05) is 34.7 Å². The summed E-state index contributed by atoms with van der Waals surface area (Å²) in [5, 5.41) is 0. The molecular formula is C13H17IN2O. The summed E-state index contributed by atoms with van der Waals surface area (Å²) in [6.07, 6.45) is 0. The first-order valence-corrected chi connectivity index (χ1v) is 6.93. The van der Waals surface area contributed by atoms with E-state index in [-0.39, 0.29) is 3.79 Å². The fourth-order valence-electron chi connectivity index (χ4n) is 2.01. The Morgan fingerprint density at radius 3 is 2.29 bits per heavy atom. The van der Waals surface area contributed by atoms with Gasteiger partial charge in [-0.05, 0) is 12.6 Å². The monoisotopic (exact) mass is 344 g/mol. The normalized spacial score (nSPS) is 18.2. The number of piperazine rings is 1. The molecule has 2 rings (SSSR count). The number of hydrogen-bond acceptors (Lipinski definition) is 3. The molecule has 0 saturated carbocycles. The van der Waals surface area contributed by atoms with E-state index < -0.39 is 0 Å². The molecule has 0 radical (unpaired) electrons. The minimum absolute atomic E-state index is 0.105. The van der Waals surface area contributed by atoms with E-state index in [0.717, 1.165) is 38.3 Å². The molecule has 0 N–H and O–H groups in total. The molecule has 0 atom stereocenters. The van der Waals surface area contributed by atoms with Crippen LogP contribution < -0.4 is 0 Å². The highest BCUT2D eigenvalue weighted by Gasteiger charge is 2.13. The Balaban J connectivity index is 1.92. The summed E-state index contributed by atoms with van der Waals surface area (Å²) >= 11 is 1.82. The third-order valence-corrected chi connectivity index (χ3v) is 3.81. The van der Waals surface area contributed by atoms with Crippen LogP contribution >= 0.6 is 22.6 Å². The first-order valence-electron chi connectivity index (χ1n) is 5.85. The van der Waals surface area contributed by atoms with E-state index in [4.69, 9.17) is 0 Å². The molecule has 1 saturated heterocycles. The van der Waals surface area contributed by atoms with E-state index in [2.05, 4.69) is 29.0 Å². The van der Waals surface area contributed by atoms with Gasteiger partial charge in [0.1, 0.15) is 0 Å². The summed E-state index contributed by atoms with van der Waals surface area (Å²) in [6, 6.07) is 7.95. The summed E-state index contributed by atoms with van der Waals surface area (Å²) in [6.45, 7) is 5.53. The Kier molecular flexibility index (Phi) is 4.53. The van der Waals surface area contributed by atoms with Crippen LogP contribution in [0, 0.1) is 0 Å². The third kappa shape index (κ3) is 3.76. The molecule has 1 heterocycles. The lowest BCUT2D eigenvalue weighted by atomic mass is 10.1. The van der Waals surface area contributed by atoms with Gasteiger partial charge in [-0.2, -0.15) is 0 Å². The number of hydrogen-bond donors (Lipinski definition) is 0. The number of likely N-dealkylation sites (N-methyl/N-ethyl adjacent to an activating group) is 1. The van der Waals surface area contributed by atoms with Gasteiger partial charge in [0.2, 0.25) is 3.79 Å². The summed E-state index contributed by atoms with van der Waals surface area (Å²) in [7, 11) is 2.16. The fraction of sp³-hybridized carbons (Fsp3) is 0.462. The lowest BCUT2D eigenvalue weighted by Gasteiger charge is -2.32. The van der Waals surface area contributed by atoms with E-state index >= 15 is 0 Å². The van der Waals surface area contributed by atoms with E-state index in [9.17, 15) is 4.79 Å². The van der Waals surface area contributed by atoms with Crippen LogP contribution in [0.25, 0.3) is 0 Å². The third-order valence-electron chi connectivity index (χ3n) is 3.18. The predicted molar refractivity (Wildman–Crippen MR) is 77.6 cm³/mol. The van der Waals surface area contributed by atoms with Gasteiger partial charge < -0.3 is 4.90 Å². The molecule has 0 unspecified atom stereocenters. The average Bonchev–Trinajstić information content (AvgIpc) is 2.33. The van der Waals surface area contributed by atoms with Crippen molar-refractivity contribution in [3.8, 4) is 0 Å². The van der Waals surface area contributed by atoms with Crippen LogP contribution in [0.5, 0.6) is 0 Å². The van der Waals surface area contributed by atoms with Gasteiger partial charge in [0.05, 0.1) is 0 Å². The molecular weight excluding hydrogens is 327 g/mol. The van der Waals surface area contributed by atoms with Crippen LogP contribution in [0.1, 0.15) is 15.9 Å². The van der Waals surface area contributed by atoms with Crippen molar-refractivity contribution in [2.45, 2.75) is 6.54 Å². The molecule has 1 aromatic rings. The van der Waals surface area contributed by atoms with Gasteiger partial charge in [-0.25, -0.2) is 0 Å². The van der Waals surface area contributed by atoms with Crippen molar-refractivity contribution in [2.24, 2.45) is 0 Å². The molecule has 17 heavy (non-hydrogen) atoms. The summed E-state index contributed by atoms with van der Waals surface area (Å²) in [5.74, 6) is 0. The van der Waals surface area contributed by atoms with Gasteiger partial charge in [-0.15, -0.1) is 0 Å². The molecule has 0 bridgehead atoms. The van der Waals surface area contributed by atoms with Crippen molar-refractivity contribution in [1.82, 2.24) is 9.80 Å². The van der Waals surface area contributed by atoms with Crippen molar-refractivity contribution in [2.75, 3.05) is 33.2 Å². The van der Waals surface area contributed by atoms with Crippen LogP contribution in [-0.2, 0) is 6.54 Å². The van der Waals surface area contributed by atoms with Gasteiger partial charge >= 0.3 is 0 Å². The van der Waals surface area contributed by atoms with Gasteiger partial charge in [-0.3, -0.25) is 9.69 Å². The maximum atomic E-state index is 11.2. The van der Waals surface area contributed by atoms with Crippen LogP contribution in [-0.4, -0.2) is 46.8 Å². The first kappa shape index (κ1) is 13.0. The second-order valence-corrected chi connectivity index (χ2v) is 5.53. The topological polar surface area (TPSA) is 23.6 Å². The van der Waals surface area contributed by atoms with E-state index in [1.54, 1.807) is 0 Å². The van der Waals surface area contributed by atoms with Gasteiger partial charge in [0, 0.05) is 60.9 Å². The Labute approximate surface area is 116 Å². The molecule has 92 valence electrons. The summed E-state index contributed by atoms with van der Waals surface area (Å²) < 4.78 is 0.105. The average molecular weight is 344 g/mol. The standard InChI is InChI=1S/C13H17IN2O/c1-15-6-8-16(9-7-15)10-11-2-4-12(5-3-11)13(14)17/h2-5H,6-10H2,1H3. The molecule has 0 aliphatic carbocycles. The van der Waals surface area contributed by atoms with Crippen LogP contribution in [0.3, 0.4) is 0 Å². The van der Waals surface area contributed by atoms with Crippen molar-refractivity contribution in [1.29, 1.82) is 0 Å². The number of benzene rings is 1. The Morgan fingerprint density at radius 2 is 1.76 bits per heavy atom. The molecule has 0 amide bonds. The van der Waals surface area contributed by atoms with Crippen molar-refractivity contribution in [3.63, 3.8) is 0 Å². The Morgan fingerprint density at radius 1 is 1.18 bits per heavy atom. The Hall–Kier alpha value is -0.460. The fourth-order valence-corrected chi connectivity index (χ4v) is 2.36. The Bertz CT molecular complexity index is 383. The number of carbonyl (C=O) groups is 1. The summed E-state index contributed by atoms with van der Waals surface area (Å²) in [5.41, 5.74) is 2.07. The highest BCUT2D eigenvalue weighted by Crippen LogP contribution is 2.11. The largest absolute Gasteiger partial charge is 0.304 e. The quantitative estimate of drug-likeness (QED) is 0.619. The van der Waals surface area contributed by atoms with Crippen LogP contribution in [0.15, 0.2) is 24.3 Å². The minimum Gasteiger partial charge on any atom is -0.304 e. The lowest BCUT2D eigenvalue weighted by Crippen LogP contribution is -2.43. The first-order chi connectivity index (χ1) is 8.15. The smallest absolute Gasteiger partial charge is 0.222 e. The van der Waals surface area contributed by atoms with Crippen molar-refractivity contribution < 1.29 is 4.79 Å². The SMILES string of the molecule is CN1CCN(Cc2ccc(C(=O)I)cc2)CC1. The maximum absolute atomic E-state index is 11.2. The molecule has 0 spiro atoms. The van der Waals surface area contributed by atoms with Gasteiger partial charge in [-0.1, -0.05) is 24.3 Å². The second kappa shape index (κ2) is 5.93. The van der Waals surface area contributed by atoms with Crippen LogP contribution in [0.2, 0.25) is 0 Å². The van der Waals surface area contributed by atoms with Gasteiger partial charge in [0.25, 0.3) is 0 Å². The maximum Gasteiger partial charge on any atom is 0.222 e. The zero-order valence-corrected chi connectivity index (χ0v) is 12.2. The highest BCUT2D eigenvalue weighted by atomic mass is 127. The minimum atomic E-state index is 0.105. The zero-order chi connectivity index (χ0) is 12.3. The molecule has 3 nitrogen and oxygen atoms in total. The van der Waals surface area contributed by atoms with E-state index in [1.165, 1.54) is 5.56 Å². The van der Waals surface area contributed by atoms with Crippen molar-refractivity contribution in [3.05, 3.63) is 35.4 Å². The molecule has 0 aromatic heterocycles. The molecule has 1 aliphatic rings. The number of carbonyl (C=O) groups excluding carboxylic acids is 1. The number of rotatable bonds is 3. The van der Waals surface area contributed by atoms with E-state index in [0.29, 0.717) is 0 Å². The number of halogens is 1. The lowest BCUT2D eigenvalue weighted by molar-refractivity contribution is 0.110. The molecule has 1 aromatic carbocycles. The second-order valence-electron chi connectivity index (χ2n) is 4.55. The summed E-state index contributed by atoms with van der Waals surface area (Å²) in [4.78, 5) is 16.0. The van der Waals surface area contributed by atoms with Crippen LogP contribution in [0.4, 0.5) is 0 Å². The van der Waals surface area contributed by atoms with Crippen molar-refractivity contribution >= 4 is 26.4 Å². The van der Waals surface area contributed by atoms with Gasteiger partial charge in [0.15, 0.2) is 0 Å². The number of nitrogens with zero attached hydrogens (tertiary/aromatic N) is 2. The molecule has 4 heteroatoms. The highest BCUT2D eigenvalue weighted by molar-refractivity contribution is 14.1. The molecule has 1 fully saturated rings.